The summed E-state index contributed by atoms with van der Waals surface area (Å²) in [6, 6.07) is 42.6. The molecule has 0 saturated heterocycles. The largest absolute Gasteiger partial charge is 0.366 e. The number of amides is 4. The van der Waals surface area contributed by atoms with E-state index in [-0.39, 0.29) is 0 Å². The van der Waals surface area contributed by atoms with E-state index in [0.717, 1.165) is 24.3 Å². The minimum absolute atomic E-state index is 0.481. The predicted molar refractivity (Wildman–Crippen MR) is 188 cm³/mol. The van der Waals surface area contributed by atoms with Gasteiger partial charge in [0, 0.05) is 0 Å². The van der Waals surface area contributed by atoms with E-state index in [1.807, 2.05) is 0 Å². The SMILES string of the molecule is C=CC(N)=O.C=CC(N)=O.C=CC(N)=O.C=CC(N)=O.c1ccc(C(=C(c2ccccc2)c2ccccc2)c2ccccc2)cc1. The van der Waals surface area contributed by atoms with Crippen LogP contribution in [-0.4, -0.2) is 23.6 Å². The Labute approximate surface area is 270 Å². The Kier molecular flexibility index (Phi) is 20.6. The van der Waals surface area contributed by atoms with Crippen molar-refractivity contribution < 1.29 is 19.2 Å². The van der Waals surface area contributed by atoms with Crippen LogP contribution in [-0.2, 0) is 19.2 Å². The Morgan fingerprint density at radius 3 is 0.587 bits per heavy atom. The number of hydrogen-bond acceptors (Lipinski definition) is 4. The van der Waals surface area contributed by atoms with Crippen LogP contribution in [0.25, 0.3) is 11.1 Å². The third kappa shape index (κ3) is 17.4. The van der Waals surface area contributed by atoms with Crippen LogP contribution < -0.4 is 22.9 Å². The molecule has 236 valence electrons. The molecule has 0 saturated carbocycles. The van der Waals surface area contributed by atoms with E-state index in [1.165, 1.54) is 33.4 Å². The summed E-state index contributed by atoms with van der Waals surface area (Å²) in [6.07, 6.45) is 4.22. The summed E-state index contributed by atoms with van der Waals surface area (Å²) in [5.74, 6) is -1.93. The summed E-state index contributed by atoms with van der Waals surface area (Å²) in [7, 11) is 0. The minimum Gasteiger partial charge on any atom is -0.366 e. The number of hydrogen-bond donors (Lipinski definition) is 4. The van der Waals surface area contributed by atoms with Crippen LogP contribution in [0.3, 0.4) is 0 Å². The van der Waals surface area contributed by atoms with Gasteiger partial charge in [-0.3, -0.25) is 19.2 Å². The van der Waals surface area contributed by atoms with Gasteiger partial charge in [0.25, 0.3) is 0 Å². The van der Waals surface area contributed by atoms with E-state index in [4.69, 9.17) is 0 Å². The number of carbonyl (C=O) groups is 4. The van der Waals surface area contributed by atoms with Gasteiger partial charge in [0.1, 0.15) is 0 Å². The smallest absolute Gasteiger partial charge is 0.240 e. The fourth-order valence-corrected chi connectivity index (χ4v) is 3.33. The van der Waals surface area contributed by atoms with Gasteiger partial charge in [-0.1, -0.05) is 148 Å². The molecular weight excluding hydrogens is 576 g/mol. The van der Waals surface area contributed by atoms with E-state index in [9.17, 15) is 19.2 Å². The van der Waals surface area contributed by atoms with Crippen molar-refractivity contribution in [1.82, 2.24) is 0 Å². The molecule has 0 bridgehead atoms. The normalized spacial score (nSPS) is 8.61. The lowest BCUT2D eigenvalue weighted by Gasteiger charge is -2.18. The fourth-order valence-electron chi connectivity index (χ4n) is 3.33. The van der Waals surface area contributed by atoms with Crippen molar-refractivity contribution >= 4 is 34.8 Å². The highest BCUT2D eigenvalue weighted by atomic mass is 16.2. The van der Waals surface area contributed by atoms with Crippen LogP contribution in [0.5, 0.6) is 0 Å². The van der Waals surface area contributed by atoms with Crippen molar-refractivity contribution in [3.8, 4) is 0 Å². The molecule has 0 aliphatic rings. The minimum atomic E-state index is -0.481. The first-order valence-corrected chi connectivity index (χ1v) is 13.7. The first-order valence-electron chi connectivity index (χ1n) is 13.7. The fraction of sp³-hybridized carbons (Fsp3) is 0. The molecular formula is C38H40N4O4. The van der Waals surface area contributed by atoms with Crippen LogP contribution in [0.2, 0.25) is 0 Å². The molecule has 8 heteroatoms. The summed E-state index contributed by atoms with van der Waals surface area (Å²) >= 11 is 0. The van der Waals surface area contributed by atoms with Crippen LogP contribution in [0, 0.1) is 0 Å². The molecule has 4 rings (SSSR count). The van der Waals surface area contributed by atoms with Gasteiger partial charge in [0.15, 0.2) is 0 Å². The molecule has 4 aromatic carbocycles. The number of nitrogens with two attached hydrogens (primary N) is 4. The van der Waals surface area contributed by atoms with Crippen LogP contribution in [0.1, 0.15) is 22.3 Å². The van der Waals surface area contributed by atoms with Gasteiger partial charge in [0.2, 0.25) is 23.6 Å². The third-order valence-electron chi connectivity index (χ3n) is 5.30. The Hall–Kier alpha value is -6.54. The maximum atomic E-state index is 9.47. The second-order valence-corrected chi connectivity index (χ2v) is 8.64. The molecule has 46 heavy (non-hydrogen) atoms. The molecule has 8 N–H and O–H groups in total. The molecule has 0 heterocycles. The molecule has 4 amide bonds. The number of carbonyl (C=O) groups excluding carboxylic acids is 4. The van der Waals surface area contributed by atoms with Crippen molar-refractivity contribution in [3.63, 3.8) is 0 Å². The van der Waals surface area contributed by atoms with E-state index in [0.29, 0.717) is 0 Å². The Morgan fingerprint density at radius 1 is 0.348 bits per heavy atom. The quantitative estimate of drug-likeness (QED) is 0.155. The predicted octanol–water partition coefficient (Wildman–Crippen LogP) is 5.32. The first kappa shape index (κ1) is 39.5. The lowest BCUT2D eigenvalue weighted by atomic mass is 9.86. The number of rotatable bonds is 8. The third-order valence-corrected chi connectivity index (χ3v) is 5.30. The van der Waals surface area contributed by atoms with Crippen molar-refractivity contribution in [2.75, 3.05) is 0 Å². The molecule has 0 fully saturated rings. The maximum absolute atomic E-state index is 9.47. The average molecular weight is 617 g/mol. The molecule has 0 aliphatic carbocycles. The summed E-state index contributed by atoms with van der Waals surface area (Å²) in [5, 5.41) is 0. The van der Waals surface area contributed by atoms with Crippen molar-refractivity contribution in [1.29, 1.82) is 0 Å². The molecule has 4 aromatic rings. The molecule has 0 atom stereocenters. The summed E-state index contributed by atoms with van der Waals surface area (Å²) in [4.78, 5) is 37.9. The second-order valence-electron chi connectivity index (χ2n) is 8.64. The summed E-state index contributed by atoms with van der Waals surface area (Å²) in [5.41, 5.74) is 25.5. The van der Waals surface area contributed by atoms with E-state index in [2.05, 4.69) is 171 Å². The zero-order valence-corrected chi connectivity index (χ0v) is 25.6. The van der Waals surface area contributed by atoms with Crippen LogP contribution in [0.4, 0.5) is 0 Å². The monoisotopic (exact) mass is 616 g/mol. The van der Waals surface area contributed by atoms with Gasteiger partial charge in [-0.2, -0.15) is 0 Å². The van der Waals surface area contributed by atoms with Crippen molar-refractivity contribution in [2.24, 2.45) is 22.9 Å². The van der Waals surface area contributed by atoms with Crippen LogP contribution in [0.15, 0.2) is 172 Å². The Morgan fingerprint density at radius 2 is 0.478 bits per heavy atom. The highest BCUT2D eigenvalue weighted by molar-refractivity contribution is 6.04. The topological polar surface area (TPSA) is 172 Å². The average Bonchev–Trinajstić information content (AvgIpc) is 3.09. The maximum Gasteiger partial charge on any atom is 0.240 e. The zero-order chi connectivity index (χ0) is 34.7. The lowest BCUT2D eigenvalue weighted by molar-refractivity contribution is -0.114. The zero-order valence-electron chi connectivity index (χ0n) is 25.6. The number of primary amides is 4. The van der Waals surface area contributed by atoms with Crippen molar-refractivity contribution in [2.45, 2.75) is 0 Å². The Balaban J connectivity index is 0.000000828. The van der Waals surface area contributed by atoms with Crippen molar-refractivity contribution in [3.05, 3.63) is 194 Å². The van der Waals surface area contributed by atoms with Gasteiger partial charge in [-0.05, 0) is 57.7 Å². The molecule has 0 aromatic heterocycles. The first-order chi connectivity index (χ1) is 22.0. The van der Waals surface area contributed by atoms with E-state index < -0.39 is 23.6 Å². The highest BCUT2D eigenvalue weighted by Gasteiger charge is 2.15. The van der Waals surface area contributed by atoms with E-state index >= 15 is 0 Å². The summed E-state index contributed by atoms with van der Waals surface area (Å²) in [6.45, 7) is 12.3. The lowest BCUT2D eigenvalue weighted by Crippen LogP contribution is -2.04. The van der Waals surface area contributed by atoms with E-state index in [1.54, 1.807) is 0 Å². The Bertz CT molecular complexity index is 1340. The highest BCUT2D eigenvalue weighted by Crippen LogP contribution is 2.36. The van der Waals surface area contributed by atoms with Gasteiger partial charge < -0.3 is 22.9 Å². The second kappa shape index (κ2) is 24.0. The van der Waals surface area contributed by atoms with Gasteiger partial charge in [-0.25, -0.2) is 0 Å². The standard InChI is InChI=1S/C26H20.4C3H5NO/c1-5-13-21(14-6-1)25(22-15-7-2-8-16-22)26(23-17-9-3-10-18-23)24-19-11-4-12-20-24;4*1-2-3(4)5/h1-20H;4*2H,1H2,(H2,4,5). The molecule has 0 unspecified atom stereocenters. The van der Waals surface area contributed by atoms with Gasteiger partial charge >= 0.3 is 0 Å². The van der Waals surface area contributed by atoms with Gasteiger partial charge in [0.05, 0.1) is 0 Å². The molecule has 0 aliphatic heterocycles. The summed E-state index contributed by atoms with van der Waals surface area (Å²) < 4.78 is 0. The van der Waals surface area contributed by atoms with Gasteiger partial charge in [-0.15, -0.1) is 0 Å². The molecule has 0 spiro atoms. The van der Waals surface area contributed by atoms with Crippen LogP contribution >= 0.6 is 0 Å². The molecule has 8 nitrogen and oxygen atoms in total. The number of benzene rings is 4. The molecule has 0 radical (unpaired) electrons.